The third-order valence-corrected chi connectivity index (χ3v) is 9.79. The van der Waals surface area contributed by atoms with Crippen LogP contribution in [0, 0.1) is 5.92 Å². The molecule has 1 aliphatic carbocycles. The molecule has 4 aliphatic rings. The van der Waals surface area contributed by atoms with Crippen LogP contribution in [0.4, 0.5) is 13.6 Å². The first-order chi connectivity index (χ1) is 21.6. The average Bonchev–Trinajstić information content (AvgIpc) is 3.40. The fourth-order valence-electron chi connectivity index (χ4n) is 7.47. The molecule has 3 fully saturated rings. The molecule has 2 N–H and O–H groups in total. The van der Waals surface area contributed by atoms with Gasteiger partial charge >= 0.3 is 0 Å². The van der Waals surface area contributed by atoms with Gasteiger partial charge in [0, 0.05) is 57.0 Å². The second kappa shape index (κ2) is 12.9. The lowest BCUT2D eigenvalue weighted by molar-refractivity contribution is -0.270. The molecule has 0 aromatic heterocycles. The summed E-state index contributed by atoms with van der Waals surface area (Å²) in [5, 5.41) is 26.2. The van der Waals surface area contributed by atoms with Crippen molar-refractivity contribution in [2.24, 2.45) is 5.92 Å². The van der Waals surface area contributed by atoms with E-state index in [-0.39, 0.29) is 44.6 Å². The van der Waals surface area contributed by atoms with E-state index in [4.69, 9.17) is 4.74 Å². The smallest absolute Gasteiger partial charge is 0.248 e. The highest BCUT2D eigenvalue weighted by Crippen LogP contribution is 2.40. The number of fused-ring (bicyclic) bond motifs is 2. The van der Waals surface area contributed by atoms with Crippen molar-refractivity contribution >= 4 is 17.9 Å². The maximum atomic E-state index is 14.7. The summed E-state index contributed by atoms with van der Waals surface area (Å²) < 4.78 is 34.3. The van der Waals surface area contributed by atoms with Gasteiger partial charge in [-0.3, -0.25) is 14.5 Å². The first-order valence-electron chi connectivity index (χ1n) is 15.7. The summed E-state index contributed by atoms with van der Waals surface area (Å²) in [6.45, 7) is 0.860. The lowest BCUT2D eigenvalue weighted by Crippen LogP contribution is -2.67. The number of nitrogens with zero attached hydrogens (tertiary/aromatic N) is 3. The molecule has 3 amide bonds. The first kappa shape index (κ1) is 31.2. The lowest BCUT2D eigenvalue weighted by atomic mass is 9.80. The summed E-state index contributed by atoms with van der Waals surface area (Å²) in [6, 6.07) is 13.3. The standard InChI is InChI=1S/C33H40F2N4O6/c34-33(35)13-10-22(11-14-33)29(39(32(43)44)17-21-6-2-1-3-7-21)31(42)38-18-23-16-24(40)19-37(23)20-27(38)30(41)36-26-12-15-45-28-9-5-4-8-25(26)28/h1-9,22-24,26-27,29,40H,10-20H2,(H,36,41)(H,43,44)/p-1/t23-,24-,26-,27+,29+/m1/s1. The number of hydrogen-bond acceptors (Lipinski definition) is 7. The Kier molecular flexibility index (Phi) is 8.96. The largest absolute Gasteiger partial charge is 0.530 e. The molecule has 0 bridgehead atoms. The van der Waals surface area contributed by atoms with Crippen LogP contribution in [-0.4, -0.2) is 94.1 Å². The number of aliphatic hydroxyl groups is 1. The summed E-state index contributed by atoms with van der Waals surface area (Å²) in [4.78, 5) is 45.8. The van der Waals surface area contributed by atoms with Crippen molar-refractivity contribution in [3.05, 3.63) is 65.7 Å². The Bertz CT molecular complexity index is 1390. The second-order valence-corrected chi connectivity index (χ2v) is 12.8. The molecule has 2 saturated heterocycles. The summed E-state index contributed by atoms with van der Waals surface area (Å²) in [6.07, 6.45) is -2.26. The van der Waals surface area contributed by atoms with Crippen molar-refractivity contribution in [2.45, 2.75) is 81.3 Å². The number of halogens is 2. The SMILES string of the molecule is O=C(N[C@@H]1CCOc2ccccc21)[C@@H]1CN2C[C@H](O)C[C@@H]2CN1C(=O)[C@H](C1CCC(F)(F)CC1)N(Cc1ccccc1)C(=O)[O-]. The summed E-state index contributed by atoms with van der Waals surface area (Å²) in [5.74, 6) is -3.89. The van der Waals surface area contributed by atoms with E-state index < -0.39 is 60.8 Å². The molecular formula is C33H39F2N4O6-. The molecule has 2 aromatic carbocycles. The van der Waals surface area contributed by atoms with E-state index in [9.17, 15) is 33.4 Å². The number of piperazine rings is 1. The molecule has 0 spiro atoms. The predicted octanol–water partition coefficient (Wildman–Crippen LogP) is 2.31. The number of nitrogens with one attached hydrogen (secondary N) is 1. The number of carbonyl (C=O) groups excluding carboxylic acids is 3. The summed E-state index contributed by atoms with van der Waals surface area (Å²) in [7, 11) is 0. The van der Waals surface area contributed by atoms with Crippen molar-refractivity contribution in [1.82, 2.24) is 20.0 Å². The van der Waals surface area contributed by atoms with E-state index in [2.05, 4.69) is 5.32 Å². The van der Waals surface area contributed by atoms with Crippen LogP contribution in [0.25, 0.3) is 0 Å². The minimum absolute atomic E-state index is 0.0419. The van der Waals surface area contributed by atoms with E-state index in [0.717, 1.165) is 10.5 Å². The van der Waals surface area contributed by atoms with Crippen LogP contribution >= 0.6 is 0 Å². The molecule has 3 heterocycles. The molecule has 0 unspecified atom stereocenters. The number of para-hydroxylation sites is 1. The number of rotatable bonds is 7. The van der Waals surface area contributed by atoms with Crippen molar-refractivity contribution in [2.75, 3.05) is 26.2 Å². The van der Waals surface area contributed by atoms with E-state index in [1.807, 2.05) is 29.2 Å². The second-order valence-electron chi connectivity index (χ2n) is 12.8. The number of carboxylic acid groups (broad SMARTS) is 1. The van der Waals surface area contributed by atoms with Gasteiger partial charge in [0.2, 0.25) is 17.7 Å². The van der Waals surface area contributed by atoms with Crippen molar-refractivity contribution in [1.29, 1.82) is 0 Å². The third kappa shape index (κ3) is 6.76. The van der Waals surface area contributed by atoms with Gasteiger partial charge in [-0.2, -0.15) is 0 Å². The van der Waals surface area contributed by atoms with E-state index >= 15 is 0 Å². The topological polar surface area (TPSA) is 125 Å². The van der Waals surface area contributed by atoms with Crippen LogP contribution in [-0.2, 0) is 16.1 Å². The van der Waals surface area contributed by atoms with E-state index in [1.54, 1.807) is 30.3 Å². The zero-order valence-corrected chi connectivity index (χ0v) is 25.0. The number of carbonyl (C=O) groups is 3. The highest BCUT2D eigenvalue weighted by molar-refractivity contribution is 5.92. The maximum absolute atomic E-state index is 14.7. The first-order valence-corrected chi connectivity index (χ1v) is 15.7. The molecule has 242 valence electrons. The lowest BCUT2D eigenvalue weighted by Gasteiger charge is -2.47. The highest BCUT2D eigenvalue weighted by Gasteiger charge is 2.49. The van der Waals surface area contributed by atoms with Gasteiger partial charge in [-0.15, -0.1) is 0 Å². The highest BCUT2D eigenvalue weighted by atomic mass is 19.3. The number of amides is 3. The zero-order chi connectivity index (χ0) is 31.7. The van der Waals surface area contributed by atoms with Crippen LogP contribution in [0.5, 0.6) is 5.75 Å². The molecule has 45 heavy (non-hydrogen) atoms. The summed E-state index contributed by atoms with van der Waals surface area (Å²) in [5.41, 5.74) is 1.45. The van der Waals surface area contributed by atoms with Crippen LogP contribution in [0.2, 0.25) is 0 Å². The Morgan fingerprint density at radius 2 is 1.73 bits per heavy atom. The molecule has 0 radical (unpaired) electrons. The van der Waals surface area contributed by atoms with Gasteiger partial charge in [-0.1, -0.05) is 48.5 Å². The number of aliphatic hydroxyl groups excluding tert-OH is 1. The zero-order valence-electron chi connectivity index (χ0n) is 25.0. The van der Waals surface area contributed by atoms with E-state index in [1.165, 1.54) is 4.90 Å². The fraction of sp³-hybridized carbons (Fsp3) is 0.545. The number of benzene rings is 2. The van der Waals surface area contributed by atoms with Gasteiger partial charge in [0.25, 0.3) is 0 Å². The maximum Gasteiger partial charge on any atom is 0.248 e. The van der Waals surface area contributed by atoms with Gasteiger partial charge in [-0.25, -0.2) is 8.78 Å². The fourth-order valence-corrected chi connectivity index (χ4v) is 7.47. The van der Waals surface area contributed by atoms with Gasteiger partial charge in [0.05, 0.1) is 18.8 Å². The minimum atomic E-state index is -2.89. The van der Waals surface area contributed by atoms with Gasteiger partial charge in [0.15, 0.2) is 0 Å². The minimum Gasteiger partial charge on any atom is -0.530 e. The average molecular weight is 626 g/mol. The Morgan fingerprint density at radius 1 is 1.02 bits per heavy atom. The van der Waals surface area contributed by atoms with Crippen LogP contribution in [0.15, 0.2) is 54.6 Å². The molecule has 6 rings (SSSR count). The number of ether oxygens (including phenoxy) is 1. The molecule has 1 saturated carbocycles. The number of hydrogen-bond donors (Lipinski definition) is 2. The molecule has 5 atom stereocenters. The molecule has 12 heteroatoms. The van der Waals surface area contributed by atoms with Gasteiger partial charge < -0.3 is 34.9 Å². The van der Waals surface area contributed by atoms with Gasteiger partial charge in [-0.05, 0) is 36.8 Å². The monoisotopic (exact) mass is 625 g/mol. The Hall–Kier alpha value is -3.77. The van der Waals surface area contributed by atoms with Crippen molar-refractivity contribution in [3.8, 4) is 5.75 Å². The molecule has 2 aromatic rings. The Morgan fingerprint density at radius 3 is 2.47 bits per heavy atom. The Balaban J connectivity index is 1.32. The van der Waals surface area contributed by atoms with Crippen LogP contribution in [0.3, 0.4) is 0 Å². The quantitative estimate of drug-likeness (QED) is 0.484. The Labute approximate surface area is 260 Å². The van der Waals surface area contributed by atoms with Crippen LogP contribution in [0.1, 0.15) is 55.7 Å². The van der Waals surface area contributed by atoms with Crippen LogP contribution < -0.4 is 15.2 Å². The normalized spacial score (nSPS) is 27.0. The molecular weight excluding hydrogens is 586 g/mol. The van der Waals surface area contributed by atoms with Crippen molar-refractivity contribution in [3.63, 3.8) is 0 Å². The van der Waals surface area contributed by atoms with E-state index in [0.29, 0.717) is 37.3 Å². The molecule has 10 nitrogen and oxygen atoms in total. The third-order valence-electron chi connectivity index (χ3n) is 9.79. The predicted molar refractivity (Wildman–Crippen MR) is 157 cm³/mol. The van der Waals surface area contributed by atoms with Gasteiger partial charge in [0.1, 0.15) is 23.9 Å². The molecule has 3 aliphatic heterocycles. The number of alkyl halides is 2. The van der Waals surface area contributed by atoms with Crippen molar-refractivity contribution < 1.29 is 38.1 Å². The summed E-state index contributed by atoms with van der Waals surface area (Å²) >= 11 is 0.